The fourth-order valence-electron chi connectivity index (χ4n) is 2.47. The van der Waals surface area contributed by atoms with Gasteiger partial charge in [-0.2, -0.15) is 0 Å². The normalized spacial score (nSPS) is 10.8. The quantitative estimate of drug-likeness (QED) is 0.735. The van der Waals surface area contributed by atoms with Crippen molar-refractivity contribution in [3.63, 3.8) is 0 Å². The molecule has 0 aliphatic carbocycles. The van der Waals surface area contributed by atoms with E-state index in [1.54, 1.807) is 13.0 Å². The Hall–Kier alpha value is -2.47. The predicted molar refractivity (Wildman–Crippen MR) is 95.5 cm³/mol. The average Bonchev–Trinajstić information content (AvgIpc) is 3.14. The van der Waals surface area contributed by atoms with E-state index in [9.17, 15) is 4.79 Å². The van der Waals surface area contributed by atoms with Crippen LogP contribution < -0.4 is 5.32 Å². The van der Waals surface area contributed by atoms with E-state index in [1.807, 2.05) is 6.92 Å². The van der Waals surface area contributed by atoms with E-state index in [4.69, 9.17) is 4.52 Å². The van der Waals surface area contributed by atoms with E-state index < -0.39 is 0 Å². The van der Waals surface area contributed by atoms with Gasteiger partial charge in [-0.1, -0.05) is 42.8 Å². The van der Waals surface area contributed by atoms with Crippen LogP contribution in [0.4, 0.5) is 5.13 Å². The number of rotatable bonds is 5. The summed E-state index contributed by atoms with van der Waals surface area (Å²) in [5.74, 6) is 0.286. The molecule has 0 aliphatic heterocycles. The van der Waals surface area contributed by atoms with Gasteiger partial charge in [-0.15, -0.1) is 11.3 Å². The number of hydrogen-bond acceptors (Lipinski definition) is 5. The van der Waals surface area contributed by atoms with Crippen molar-refractivity contribution in [3.8, 4) is 11.3 Å². The summed E-state index contributed by atoms with van der Waals surface area (Å²) in [5, 5.41) is 7.06. The number of aromatic nitrogens is 2. The first-order chi connectivity index (χ1) is 11.6. The third-order valence-corrected chi connectivity index (χ3v) is 4.53. The lowest BCUT2D eigenvalue weighted by Crippen LogP contribution is -2.11. The van der Waals surface area contributed by atoms with Gasteiger partial charge < -0.3 is 4.52 Å². The Kier molecular flexibility index (Phi) is 4.76. The topological polar surface area (TPSA) is 68.0 Å². The molecule has 0 saturated heterocycles. The molecular weight excluding hydrogens is 322 g/mol. The molecule has 0 fully saturated rings. The van der Waals surface area contributed by atoms with Crippen molar-refractivity contribution in [1.82, 2.24) is 10.1 Å². The zero-order chi connectivity index (χ0) is 17.1. The van der Waals surface area contributed by atoms with Gasteiger partial charge in [0.15, 0.2) is 10.8 Å². The van der Waals surface area contributed by atoms with Crippen molar-refractivity contribution in [2.45, 2.75) is 33.6 Å². The highest BCUT2D eigenvalue weighted by atomic mass is 32.1. The minimum atomic E-state index is -0.314. The maximum atomic E-state index is 12.1. The molecule has 0 saturated carbocycles. The van der Waals surface area contributed by atoms with Crippen molar-refractivity contribution in [3.05, 3.63) is 52.2 Å². The Morgan fingerprint density at radius 1 is 1.25 bits per heavy atom. The fraction of sp³-hybridized carbons (Fsp3) is 0.278. The van der Waals surface area contributed by atoms with Gasteiger partial charge in [0.05, 0.1) is 5.69 Å². The summed E-state index contributed by atoms with van der Waals surface area (Å²) < 4.78 is 4.92. The summed E-state index contributed by atoms with van der Waals surface area (Å²) in [6, 6.07) is 10.0. The highest BCUT2D eigenvalue weighted by molar-refractivity contribution is 7.16. The lowest BCUT2D eigenvalue weighted by molar-refractivity contribution is 0.101. The molecule has 5 nitrogen and oxygen atoms in total. The van der Waals surface area contributed by atoms with Gasteiger partial charge in [-0.05, 0) is 25.8 Å². The van der Waals surface area contributed by atoms with Gasteiger partial charge in [-0.25, -0.2) is 4.98 Å². The van der Waals surface area contributed by atoms with E-state index in [0.29, 0.717) is 10.9 Å². The number of nitrogens with one attached hydrogen (secondary N) is 1. The number of carbonyl (C=O) groups is 1. The van der Waals surface area contributed by atoms with Gasteiger partial charge in [-0.3, -0.25) is 10.1 Å². The van der Waals surface area contributed by atoms with Gasteiger partial charge in [0.2, 0.25) is 0 Å². The maximum absolute atomic E-state index is 12.1. The van der Waals surface area contributed by atoms with Gasteiger partial charge >= 0.3 is 0 Å². The van der Waals surface area contributed by atoms with Crippen LogP contribution in [0.3, 0.4) is 0 Å². The van der Waals surface area contributed by atoms with Gasteiger partial charge in [0.25, 0.3) is 5.91 Å². The first-order valence-corrected chi connectivity index (χ1v) is 8.70. The highest BCUT2D eigenvalue weighted by Gasteiger charge is 2.15. The predicted octanol–water partition coefficient (Wildman–Crippen LogP) is 4.62. The molecule has 1 amide bonds. The number of hydrogen-bond donors (Lipinski definition) is 1. The number of amides is 1. The molecule has 2 aromatic heterocycles. The van der Waals surface area contributed by atoms with Crippen LogP contribution in [0, 0.1) is 13.8 Å². The minimum absolute atomic E-state index is 0.255. The van der Waals surface area contributed by atoms with Crippen LogP contribution in [0.2, 0.25) is 0 Å². The number of nitrogens with zero attached hydrogens (tertiary/aromatic N) is 2. The Labute approximate surface area is 144 Å². The first kappa shape index (κ1) is 16.4. The second-order valence-electron chi connectivity index (χ2n) is 5.65. The Morgan fingerprint density at radius 2 is 2.00 bits per heavy atom. The molecule has 0 unspecified atom stereocenters. The largest absolute Gasteiger partial charge is 0.361 e. The molecule has 1 aromatic carbocycles. The second-order valence-corrected chi connectivity index (χ2v) is 6.85. The Balaban J connectivity index is 1.78. The lowest BCUT2D eigenvalue weighted by atomic mass is 10.1. The molecule has 0 spiro atoms. The van der Waals surface area contributed by atoms with Crippen LogP contribution in [0.5, 0.6) is 0 Å². The van der Waals surface area contributed by atoms with Crippen LogP contribution in [0.15, 0.2) is 34.9 Å². The van der Waals surface area contributed by atoms with Crippen LogP contribution in [0.25, 0.3) is 11.3 Å². The van der Waals surface area contributed by atoms with Crippen LogP contribution >= 0.6 is 11.3 Å². The lowest BCUT2D eigenvalue weighted by Gasteiger charge is -2.02. The molecular formula is C18H19N3O2S. The van der Waals surface area contributed by atoms with E-state index in [2.05, 4.69) is 46.6 Å². The number of carbonyl (C=O) groups excluding carboxylic acids is 1. The number of thiazole rings is 1. The molecule has 24 heavy (non-hydrogen) atoms. The Bertz CT molecular complexity index is 850. The summed E-state index contributed by atoms with van der Waals surface area (Å²) in [4.78, 5) is 17.8. The van der Waals surface area contributed by atoms with E-state index in [0.717, 1.165) is 29.0 Å². The fourth-order valence-corrected chi connectivity index (χ4v) is 3.30. The van der Waals surface area contributed by atoms with Crippen molar-refractivity contribution >= 4 is 22.4 Å². The van der Waals surface area contributed by atoms with Gasteiger partial charge in [0.1, 0.15) is 5.76 Å². The molecule has 6 heteroatoms. The smallest absolute Gasteiger partial charge is 0.279 e. The zero-order valence-electron chi connectivity index (χ0n) is 13.9. The third kappa shape index (κ3) is 3.54. The molecule has 3 aromatic rings. The SMILES string of the molecule is CCCc1ccc(-c2nc(NC(=O)c3cc(C)on3)sc2C)cc1. The third-order valence-electron chi connectivity index (χ3n) is 3.64. The summed E-state index contributed by atoms with van der Waals surface area (Å²) >= 11 is 1.45. The molecule has 1 N–H and O–H groups in total. The molecule has 0 radical (unpaired) electrons. The van der Waals surface area contributed by atoms with Crippen molar-refractivity contribution < 1.29 is 9.32 Å². The van der Waals surface area contributed by atoms with E-state index in [1.165, 1.54) is 16.9 Å². The molecule has 0 atom stereocenters. The van der Waals surface area contributed by atoms with Crippen molar-refractivity contribution in [2.75, 3.05) is 5.32 Å². The van der Waals surface area contributed by atoms with Crippen molar-refractivity contribution in [2.24, 2.45) is 0 Å². The van der Waals surface area contributed by atoms with E-state index >= 15 is 0 Å². The first-order valence-electron chi connectivity index (χ1n) is 7.88. The summed E-state index contributed by atoms with van der Waals surface area (Å²) in [6.07, 6.45) is 2.21. The monoisotopic (exact) mass is 341 g/mol. The molecule has 2 heterocycles. The number of aryl methyl sites for hydroxylation is 3. The number of benzene rings is 1. The second kappa shape index (κ2) is 6.97. The minimum Gasteiger partial charge on any atom is -0.361 e. The average molecular weight is 341 g/mol. The zero-order valence-corrected chi connectivity index (χ0v) is 14.7. The molecule has 3 rings (SSSR count). The maximum Gasteiger partial charge on any atom is 0.279 e. The van der Waals surface area contributed by atoms with Crippen LogP contribution in [-0.2, 0) is 6.42 Å². The van der Waals surface area contributed by atoms with Crippen LogP contribution in [0.1, 0.15) is 40.0 Å². The summed E-state index contributed by atoms with van der Waals surface area (Å²) in [6.45, 7) is 5.92. The standard InChI is InChI=1S/C18H19N3O2S/c1-4-5-13-6-8-14(9-7-13)16-12(3)24-18(19-16)20-17(22)15-10-11(2)23-21-15/h6-10H,4-5H2,1-3H3,(H,19,20,22). The highest BCUT2D eigenvalue weighted by Crippen LogP contribution is 2.30. The molecule has 124 valence electrons. The van der Waals surface area contributed by atoms with Crippen LogP contribution in [-0.4, -0.2) is 16.0 Å². The Morgan fingerprint density at radius 3 is 2.62 bits per heavy atom. The van der Waals surface area contributed by atoms with E-state index in [-0.39, 0.29) is 11.6 Å². The van der Waals surface area contributed by atoms with Crippen molar-refractivity contribution in [1.29, 1.82) is 0 Å². The number of anilines is 1. The molecule has 0 bridgehead atoms. The molecule has 0 aliphatic rings. The summed E-state index contributed by atoms with van der Waals surface area (Å²) in [7, 11) is 0. The summed E-state index contributed by atoms with van der Waals surface area (Å²) in [5.41, 5.74) is 3.53. The van der Waals surface area contributed by atoms with Gasteiger partial charge in [0, 0.05) is 16.5 Å².